The van der Waals surface area contributed by atoms with Gasteiger partial charge in [-0.3, -0.25) is 9.69 Å². The molecule has 0 aromatic heterocycles. The molecule has 0 aromatic carbocycles. The second-order valence-corrected chi connectivity index (χ2v) is 6.28. The highest BCUT2D eigenvalue weighted by molar-refractivity contribution is 5.69. The van der Waals surface area contributed by atoms with E-state index in [9.17, 15) is 4.79 Å². The molecule has 0 spiro atoms. The van der Waals surface area contributed by atoms with Crippen molar-refractivity contribution >= 4 is 5.97 Å². The highest BCUT2D eigenvalue weighted by atomic mass is 16.4. The molecule has 1 rings (SSSR count). The van der Waals surface area contributed by atoms with Crippen molar-refractivity contribution in [3.8, 4) is 0 Å². The molecule has 0 aliphatic heterocycles. The minimum atomic E-state index is -0.719. The van der Waals surface area contributed by atoms with Crippen LogP contribution in [0.25, 0.3) is 0 Å². The van der Waals surface area contributed by atoms with E-state index >= 15 is 0 Å². The van der Waals surface area contributed by atoms with Gasteiger partial charge in [0.2, 0.25) is 0 Å². The molecule has 0 saturated heterocycles. The van der Waals surface area contributed by atoms with E-state index in [2.05, 4.69) is 25.7 Å². The molecular weight excluding hydrogens is 214 g/mol. The van der Waals surface area contributed by atoms with Gasteiger partial charge in [0.25, 0.3) is 0 Å². The van der Waals surface area contributed by atoms with Gasteiger partial charge in [0, 0.05) is 5.54 Å². The van der Waals surface area contributed by atoms with Gasteiger partial charge in [0.1, 0.15) is 0 Å². The Morgan fingerprint density at radius 2 is 1.82 bits per heavy atom. The number of hydrogen-bond donors (Lipinski definition) is 1. The molecule has 100 valence electrons. The van der Waals surface area contributed by atoms with Crippen LogP contribution in [0.2, 0.25) is 0 Å². The standard InChI is InChI=1S/C14H27NO2/c1-14(2,3)15(11-13(16)17)10-9-12-7-5-4-6-8-12/h12H,4-11H2,1-3H3,(H,16,17). The number of rotatable bonds is 5. The first kappa shape index (κ1) is 14.5. The van der Waals surface area contributed by atoms with Gasteiger partial charge in [-0.05, 0) is 39.7 Å². The van der Waals surface area contributed by atoms with E-state index in [1.807, 2.05) is 0 Å². The fourth-order valence-electron chi connectivity index (χ4n) is 2.63. The van der Waals surface area contributed by atoms with Crippen molar-refractivity contribution in [1.29, 1.82) is 0 Å². The second-order valence-electron chi connectivity index (χ2n) is 6.28. The molecule has 1 fully saturated rings. The van der Waals surface area contributed by atoms with E-state index in [0.29, 0.717) is 0 Å². The fraction of sp³-hybridized carbons (Fsp3) is 0.929. The number of nitrogens with zero attached hydrogens (tertiary/aromatic N) is 1. The molecule has 0 radical (unpaired) electrons. The molecule has 17 heavy (non-hydrogen) atoms. The fourth-order valence-corrected chi connectivity index (χ4v) is 2.63. The van der Waals surface area contributed by atoms with Gasteiger partial charge in [0.05, 0.1) is 6.54 Å². The summed E-state index contributed by atoms with van der Waals surface area (Å²) in [5.74, 6) is 0.103. The predicted octanol–water partition coefficient (Wildman–Crippen LogP) is 3.14. The minimum absolute atomic E-state index is 0.0486. The number of carbonyl (C=O) groups is 1. The zero-order valence-electron chi connectivity index (χ0n) is 11.5. The topological polar surface area (TPSA) is 40.5 Å². The summed E-state index contributed by atoms with van der Waals surface area (Å²) in [4.78, 5) is 13.0. The molecular formula is C14H27NO2. The van der Waals surface area contributed by atoms with Gasteiger partial charge >= 0.3 is 5.97 Å². The number of hydrogen-bond acceptors (Lipinski definition) is 2. The van der Waals surface area contributed by atoms with E-state index < -0.39 is 5.97 Å². The van der Waals surface area contributed by atoms with Crippen molar-refractivity contribution in [2.45, 2.75) is 64.8 Å². The van der Waals surface area contributed by atoms with Crippen LogP contribution in [0.5, 0.6) is 0 Å². The first-order chi connectivity index (χ1) is 7.89. The zero-order chi connectivity index (χ0) is 12.9. The van der Waals surface area contributed by atoms with Gasteiger partial charge in [-0.25, -0.2) is 0 Å². The molecule has 0 unspecified atom stereocenters. The van der Waals surface area contributed by atoms with E-state index in [-0.39, 0.29) is 12.1 Å². The largest absolute Gasteiger partial charge is 0.480 e. The van der Waals surface area contributed by atoms with E-state index in [1.165, 1.54) is 32.1 Å². The molecule has 1 aliphatic carbocycles. The zero-order valence-corrected chi connectivity index (χ0v) is 11.5. The average molecular weight is 241 g/mol. The van der Waals surface area contributed by atoms with Crippen LogP contribution in [0.3, 0.4) is 0 Å². The van der Waals surface area contributed by atoms with Crippen molar-refractivity contribution < 1.29 is 9.90 Å². The van der Waals surface area contributed by atoms with Gasteiger partial charge in [-0.1, -0.05) is 32.1 Å². The van der Waals surface area contributed by atoms with Crippen molar-refractivity contribution in [2.24, 2.45) is 5.92 Å². The summed E-state index contributed by atoms with van der Waals surface area (Å²) in [6.45, 7) is 7.36. The molecule has 3 heteroatoms. The molecule has 1 aliphatic rings. The first-order valence-corrected chi connectivity index (χ1v) is 6.86. The first-order valence-electron chi connectivity index (χ1n) is 6.86. The Bertz CT molecular complexity index is 239. The van der Waals surface area contributed by atoms with Crippen LogP contribution in [0.1, 0.15) is 59.3 Å². The highest BCUT2D eigenvalue weighted by Crippen LogP contribution is 2.27. The molecule has 0 aromatic rings. The van der Waals surface area contributed by atoms with Crippen LogP contribution >= 0.6 is 0 Å². The Morgan fingerprint density at radius 3 is 2.29 bits per heavy atom. The summed E-state index contributed by atoms with van der Waals surface area (Å²) in [7, 11) is 0. The molecule has 0 heterocycles. The van der Waals surface area contributed by atoms with Gasteiger partial charge in [-0.15, -0.1) is 0 Å². The number of carboxylic acids is 1. The van der Waals surface area contributed by atoms with Crippen LogP contribution < -0.4 is 0 Å². The van der Waals surface area contributed by atoms with E-state index in [4.69, 9.17) is 5.11 Å². The van der Waals surface area contributed by atoms with Crippen LogP contribution in [0.4, 0.5) is 0 Å². The monoisotopic (exact) mass is 241 g/mol. The third kappa shape index (κ3) is 5.53. The van der Waals surface area contributed by atoms with Crippen LogP contribution in [0, 0.1) is 5.92 Å². The number of aliphatic carboxylic acids is 1. The van der Waals surface area contributed by atoms with Gasteiger partial charge in [0.15, 0.2) is 0 Å². The number of carboxylic acid groups (broad SMARTS) is 1. The minimum Gasteiger partial charge on any atom is -0.480 e. The molecule has 0 atom stereocenters. The summed E-state index contributed by atoms with van der Waals surface area (Å²) in [6.07, 6.45) is 7.94. The lowest BCUT2D eigenvalue weighted by atomic mass is 9.86. The molecule has 1 N–H and O–H groups in total. The second kappa shape index (κ2) is 6.39. The maximum atomic E-state index is 10.9. The third-order valence-corrected chi connectivity index (χ3v) is 3.81. The lowest BCUT2D eigenvalue weighted by molar-refractivity contribution is -0.139. The van der Waals surface area contributed by atoms with Crippen molar-refractivity contribution in [2.75, 3.05) is 13.1 Å². The normalized spacial score (nSPS) is 18.6. The van der Waals surface area contributed by atoms with Crippen LogP contribution in [-0.2, 0) is 4.79 Å². The molecule has 0 bridgehead atoms. The summed E-state index contributed by atoms with van der Waals surface area (Å²) in [6, 6.07) is 0. The Kier molecular flexibility index (Phi) is 5.44. The van der Waals surface area contributed by atoms with Gasteiger partial charge in [-0.2, -0.15) is 0 Å². The Balaban J connectivity index is 2.40. The van der Waals surface area contributed by atoms with Crippen LogP contribution in [-0.4, -0.2) is 34.6 Å². The van der Waals surface area contributed by atoms with Gasteiger partial charge < -0.3 is 5.11 Å². The Labute approximate surface area is 105 Å². The Morgan fingerprint density at radius 1 is 1.24 bits per heavy atom. The maximum absolute atomic E-state index is 10.9. The van der Waals surface area contributed by atoms with Crippen molar-refractivity contribution in [3.63, 3.8) is 0 Å². The van der Waals surface area contributed by atoms with Crippen molar-refractivity contribution in [3.05, 3.63) is 0 Å². The highest BCUT2D eigenvalue weighted by Gasteiger charge is 2.24. The van der Waals surface area contributed by atoms with Crippen molar-refractivity contribution in [1.82, 2.24) is 4.90 Å². The quantitative estimate of drug-likeness (QED) is 0.804. The molecule has 1 saturated carbocycles. The summed E-state index contributed by atoms with van der Waals surface area (Å²) in [5.41, 5.74) is -0.0486. The molecule has 3 nitrogen and oxygen atoms in total. The lowest BCUT2D eigenvalue weighted by Gasteiger charge is -2.35. The van der Waals surface area contributed by atoms with Crippen LogP contribution in [0.15, 0.2) is 0 Å². The summed E-state index contributed by atoms with van der Waals surface area (Å²) < 4.78 is 0. The maximum Gasteiger partial charge on any atom is 0.317 e. The smallest absolute Gasteiger partial charge is 0.317 e. The molecule has 0 amide bonds. The lowest BCUT2D eigenvalue weighted by Crippen LogP contribution is -2.45. The Hall–Kier alpha value is -0.570. The van der Waals surface area contributed by atoms with E-state index in [1.54, 1.807) is 0 Å². The third-order valence-electron chi connectivity index (χ3n) is 3.81. The predicted molar refractivity (Wildman–Crippen MR) is 70.2 cm³/mol. The summed E-state index contributed by atoms with van der Waals surface area (Å²) in [5, 5.41) is 8.94. The SMILES string of the molecule is CC(C)(C)N(CCC1CCCCC1)CC(=O)O. The van der Waals surface area contributed by atoms with E-state index in [0.717, 1.165) is 18.9 Å². The summed E-state index contributed by atoms with van der Waals surface area (Å²) >= 11 is 0. The average Bonchev–Trinajstić information content (AvgIpc) is 2.23.